The molecule has 20 heteroatoms. The van der Waals surface area contributed by atoms with Gasteiger partial charge in [0.1, 0.15) is 34.7 Å². The summed E-state index contributed by atoms with van der Waals surface area (Å²) in [4.78, 5) is 40.1. The van der Waals surface area contributed by atoms with E-state index >= 15 is 8.42 Å². The number of nitrogens with zero attached hydrogens (tertiary/aromatic N) is 5. The van der Waals surface area contributed by atoms with Crippen molar-refractivity contribution in [2.45, 2.75) is 112 Å². The van der Waals surface area contributed by atoms with Gasteiger partial charge in [-0.25, -0.2) is 8.42 Å². The van der Waals surface area contributed by atoms with Crippen LogP contribution in [0.1, 0.15) is 81.8 Å². The Morgan fingerprint density at radius 2 is 1.76 bits per heavy atom. The first-order valence-electron chi connectivity index (χ1n) is 25.1. The predicted molar refractivity (Wildman–Crippen MR) is 269 cm³/mol. The standard InChI is InChI=1S/C52H62N8O11S/c1-30(2)68-26-33-27-69-44-23-35(22-40(60(62)63)46(44)55-33)72(64,65)48-39(10-9-37(49(53)61)47(48)59-38-12-19-66-29-45(38)71-51-41(59)21-32-11-15-54-50(32)56-51)57-16-13-52(14-17-57)24-34(25-52)58-18-20-67-28-42(58)36-7-5-6-8-43(36)70-31(3)4/h5-11,15,21-23,30-31,33-34,38,42,45,55H,12-14,16-20,24-29H2,1-4H3,(H2,53,61)(H,54,56)/t33-,38-,42-,45-/m0/s1. The Morgan fingerprint density at radius 1 is 0.972 bits per heavy atom. The number of nitrogens with two attached hydrogens (primary N) is 1. The highest BCUT2D eigenvalue weighted by atomic mass is 32.2. The molecule has 5 aromatic rings. The molecule has 1 saturated carbocycles. The first kappa shape index (κ1) is 48.1. The van der Waals surface area contributed by atoms with Crippen LogP contribution in [-0.4, -0.2) is 130 Å². The van der Waals surface area contributed by atoms with Crippen molar-refractivity contribution in [3.8, 4) is 17.4 Å². The van der Waals surface area contributed by atoms with Gasteiger partial charge in [-0.2, -0.15) is 4.98 Å². The lowest BCUT2D eigenvalue weighted by Crippen LogP contribution is -2.58. The minimum atomic E-state index is -4.79. The van der Waals surface area contributed by atoms with E-state index in [2.05, 4.69) is 32.2 Å². The normalized spacial score (nSPS) is 23.1. The lowest BCUT2D eigenvalue weighted by molar-refractivity contribution is -0.384. The number of fused-ring (bicyclic) bond motifs is 4. The van der Waals surface area contributed by atoms with Gasteiger partial charge >= 0.3 is 0 Å². The maximum atomic E-state index is 16.1. The molecule has 19 nitrogen and oxygen atoms in total. The molecule has 3 saturated heterocycles. The van der Waals surface area contributed by atoms with Gasteiger partial charge in [-0.05, 0) is 95.5 Å². The second-order valence-electron chi connectivity index (χ2n) is 20.6. The Labute approximate surface area is 418 Å². The number of hydrogen-bond donors (Lipinski definition) is 3. The number of ether oxygens (including phenoxy) is 6. The first-order chi connectivity index (χ1) is 34.7. The summed E-state index contributed by atoms with van der Waals surface area (Å²) in [5.74, 6) is 0.256. The molecular formula is C52H62N8O11S. The van der Waals surface area contributed by atoms with E-state index in [0.717, 1.165) is 55.0 Å². The van der Waals surface area contributed by atoms with Crippen molar-refractivity contribution in [2.75, 3.05) is 74.4 Å². The van der Waals surface area contributed by atoms with E-state index in [9.17, 15) is 14.9 Å². The number of aromatic amines is 1. The van der Waals surface area contributed by atoms with Gasteiger partial charge < -0.3 is 54.3 Å². The minimum absolute atomic E-state index is 0.0101. The summed E-state index contributed by atoms with van der Waals surface area (Å²) in [6.45, 7) is 11.7. The number of H-pyrrole nitrogens is 1. The number of morpholine rings is 1. The van der Waals surface area contributed by atoms with Crippen molar-refractivity contribution in [1.29, 1.82) is 0 Å². The van der Waals surface area contributed by atoms with E-state index in [0.29, 0.717) is 62.4 Å². The summed E-state index contributed by atoms with van der Waals surface area (Å²) >= 11 is 0. The number of carbonyl (C=O) groups excluding carboxylic acids is 1. The molecule has 5 aliphatic heterocycles. The van der Waals surface area contributed by atoms with Crippen molar-refractivity contribution >= 4 is 55.2 Å². The number of amides is 1. The van der Waals surface area contributed by atoms with Gasteiger partial charge in [-0.15, -0.1) is 0 Å². The number of primary amides is 1. The van der Waals surface area contributed by atoms with Crippen molar-refractivity contribution in [3.05, 3.63) is 88.1 Å². The van der Waals surface area contributed by atoms with Gasteiger partial charge in [0.25, 0.3) is 11.6 Å². The van der Waals surface area contributed by atoms with Gasteiger partial charge in [0.2, 0.25) is 15.7 Å². The molecule has 4 fully saturated rings. The van der Waals surface area contributed by atoms with E-state index < -0.39 is 44.5 Å². The van der Waals surface area contributed by atoms with E-state index in [-0.39, 0.29) is 81.8 Å². The Morgan fingerprint density at radius 3 is 2.53 bits per heavy atom. The number of piperidine rings is 1. The predicted octanol–water partition coefficient (Wildman–Crippen LogP) is 7.30. The number of sulfone groups is 1. The number of hydrogen-bond acceptors (Lipinski definition) is 16. The number of para-hydroxylation sites is 1. The third-order valence-corrected chi connectivity index (χ3v) is 17.0. The number of nitro benzene ring substituents is 1. The zero-order valence-corrected chi connectivity index (χ0v) is 41.8. The summed E-state index contributed by atoms with van der Waals surface area (Å²) in [5, 5.41) is 16.8. The van der Waals surface area contributed by atoms with Crippen LogP contribution in [0.5, 0.6) is 17.4 Å². The highest BCUT2D eigenvalue weighted by Gasteiger charge is 2.51. The molecular weight excluding hydrogens is 945 g/mol. The van der Waals surface area contributed by atoms with Crippen LogP contribution in [0.2, 0.25) is 0 Å². The molecule has 1 spiro atoms. The Kier molecular flexibility index (Phi) is 12.7. The largest absolute Gasteiger partial charge is 0.491 e. The van der Waals surface area contributed by atoms with Crippen LogP contribution in [0.15, 0.2) is 76.7 Å². The van der Waals surface area contributed by atoms with Crippen LogP contribution in [-0.2, 0) is 24.0 Å². The number of carbonyl (C=O) groups is 1. The molecule has 0 radical (unpaired) electrons. The molecule has 7 heterocycles. The number of anilines is 4. The van der Waals surface area contributed by atoms with E-state index in [1.807, 2.05) is 56.9 Å². The molecule has 382 valence electrons. The zero-order chi connectivity index (χ0) is 50.1. The van der Waals surface area contributed by atoms with Gasteiger partial charge in [-0.3, -0.25) is 19.8 Å². The topological polar surface area (TPSA) is 226 Å². The minimum Gasteiger partial charge on any atom is -0.491 e. The lowest BCUT2D eigenvalue weighted by atomic mass is 9.59. The molecule has 0 bridgehead atoms. The molecule has 11 rings (SSSR count). The quantitative estimate of drug-likeness (QED) is 0.0777. The van der Waals surface area contributed by atoms with Gasteiger partial charge in [0, 0.05) is 61.6 Å². The Hall–Kier alpha value is -6.19. The average molecular weight is 1010 g/mol. The van der Waals surface area contributed by atoms with Crippen LogP contribution >= 0.6 is 0 Å². The molecule has 1 amide bonds. The summed E-state index contributed by atoms with van der Waals surface area (Å²) in [6, 6.07) is 17.0. The summed E-state index contributed by atoms with van der Waals surface area (Å²) in [6.07, 6.45) is 5.05. The number of rotatable bonds is 13. The molecule has 4 N–H and O–H groups in total. The molecule has 0 unspecified atom stereocenters. The van der Waals surface area contributed by atoms with Crippen LogP contribution in [0.25, 0.3) is 11.0 Å². The smallest absolute Gasteiger partial charge is 0.297 e. The second-order valence-corrected chi connectivity index (χ2v) is 22.4. The summed E-state index contributed by atoms with van der Waals surface area (Å²) in [7, 11) is -4.79. The van der Waals surface area contributed by atoms with Crippen LogP contribution in [0.3, 0.4) is 0 Å². The first-order valence-corrected chi connectivity index (χ1v) is 26.6. The highest BCUT2D eigenvalue weighted by Crippen LogP contribution is 2.56. The van der Waals surface area contributed by atoms with Crippen LogP contribution < -0.4 is 35.1 Å². The summed E-state index contributed by atoms with van der Waals surface area (Å²) < 4.78 is 68.9. The van der Waals surface area contributed by atoms with Gasteiger partial charge in [-0.1, -0.05) is 18.2 Å². The fraction of sp³-hybridized carbons (Fsp3) is 0.500. The molecule has 4 atom stereocenters. The molecule has 3 aromatic carbocycles. The van der Waals surface area contributed by atoms with Crippen LogP contribution in [0.4, 0.5) is 28.4 Å². The number of nitrogens with one attached hydrogen (secondary N) is 2. The Bertz CT molecular complexity index is 3000. The van der Waals surface area contributed by atoms with Crippen LogP contribution in [0, 0.1) is 15.5 Å². The summed E-state index contributed by atoms with van der Waals surface area (Å²) in [5.41, 5.74) is 8.38. The van der Waals surface area contributed by atoms with Crippen molar-refractivity contribution in [2.24, 2.45) is 11.1 Å². The lowest BCUT2D eigenvalue weighted by Gasteiger charge is -2.57. The SMILES string of the molecule is CC(C)OC[C@H]1COc2cc(S(=O)(=O)c3c(N4CCC5(CC4)CC(N4CCOC[C@H]4c4ccccc4OC(C)C)C5)ccc(C(N)=O)c3N3c4cc5cc[nH]c5nc4O[C@H]4COCC[C@@H]43)cc([N+](=O)[O-])c2N1. The highest BCUT2D eigenvalue weighted by molar-refractivity contribution is 7.91. The van der Waals surface area contributed by atoms with E-state index in [1.54, 1.807) is 18.3 Å². The number of aromatic nitrogens is 2. The molecule has 1 aliphatic carbocycles. The maximum absolute atomic E-state index is 16.1. The third kappa shape index (κ3) is 8.73. The molecule has 72 heavy (non-hydrogen) atoms. The number of benzene rings is 3. The number of nitro groups is 1. The van der Waals surface area contributed by atoms with Crippen molar-refractivity contribution in [1.82, 2.24) is 14.9 Å². The van der Waals surface area contributed by atoms with Crippen molar-refractivity contribution < 1.29 is 46.6 Å². The molecule has 2 aromatic heterocycles. The van der Waals surface area contributed by atoms with Gasteiger partial charge in [0.15, 0.2) is 11.4 Å². The monoisotopic (exact) mass is 1010 g/mol. The van der Waals surface area contributed by atoms with E-state index in [1.165, 1.54) is 6.07 Å². The fourth-order valence-electron chi connectivity index (χ4n) is 11.8. The van der Waals surface area contributed by atoms with Crippen molar-refractivity contribution in [3.63, 3.8) is 0 Å². The van der Waals surface area contributed by atoms with E-state index in [4.69, 9.17) is 39.1 Å². The van der Waals surface area contributed by atoms with Gasteiger partial charge in [0.05, 0.1) is 83.5 Å². The fourth-order valence-corrected chi connectivity index (χ4v) is 13.5. The number of pyridine rings is 1. The second kappa shape index (κ2) is 19.0. The average Bonchev–Trinajstić information content (AvgIpc) is 3.82. The molecule has 6 aliphatic rings. The third-order valence-electron chi connectivity index (χ3n) is 15.3. The Balaban J connectivity index is 0.992. The zero-order valence-electron chi connectivity index (χ0n) is 41.0. The maximum Gasteiger partial charge on any atom is 0.297 e.